The van der Waals surface area contributed by atoms with Gasteiger partial charge in [-0.05, 0) is 51.3 Å². The number of amides is 1. The summed E-state index contributed by atoms with van der Waals surface area (Å²) in [7, 11) is 1.77. The van der Waals surface area contributed by atoms with E-state index >= 15 is 0 Å². The van der Waals surface area contributed by atoms with E-state index in [2.05, 4.69) is 39.7 Å². The van der Waals surface area contributed by atoms with E-state index in [0.717, 1.165) is 27.8 Å². The molecule has 1 heterocycles. The van der Waals surface area contributed by atoms with Crippen LogP contribution >= 0.6 is 15.9 Å². The SMILES string of the molecule is CC(C)C[C@H](c1nc2ccc(Br)cc2[nH]1)N(C)C(=O)OC(C)(C)C. The molecule has 0 spiro atoms. The van der Waals surface area contributed by atoms with E-state index in [0.29, 0.717) is 5.92 Å². The molecule has 0 saturated carbocycles. The van der Waals surface area contributed by atoms with E-state index < -0.39 is 5.60 Å². The fourth-order valence-corrected chi connectivity index (χ4v) is 2.88. The predicted octanol–water partition coefficient (Wildman–Crippen LogP) is 5.28. The molecule has 132 valence electrons. The molecule has 24 heavy (non-hydrogen) atoms. The number of aromatic nitrogens is 2. The summed E-state index contributed by atoms with van der Waals surface area (Å²) in [5, 5.41) is 0. The van der Waals surface area contributed by atoms with Crippen LogP contribution in [0.5, 0.6) is 0 Å². The Bertz CT molecular complexity index is 719. The van der Waals surface area contributed by atoms with E-state index in [1.54, 1.807) is 11.9 Å². The first-order valence-corrected chi connectivity index (χ1v) is 8.97. The van der Waals surface area contributed by atoms with Crippen LogP contribution in [0.1, 0.15) is 52.9 Å². The molecule has 6 heteroatoms. The Kier molecular flexibility index (Phi) is 5.58. The summed E-state index contributed by atoms with van der Waals surface area (Å²) in [5.41, 5.74) is 1.32. The molecule has 0 aliphatic rings. The fourth-order valence-electron chi connectivity index (χ4n) is 2.52. The van der Waals surface area contributed by atoms with Crippen LogP contribution < -0.4 is 0 Å². The molecule has 0 aliphatic heterocycles. The second-order valence-corrected chi connectivity index (χ2v) is 8.44. The molecule has 0 saturated heterocycles. The lowest BCUT2D eigenvalue weighted by Gasteiger charge is -2.30. The second kappa shape index (κ2) is 7.13. The molecule has 5 nitrogen and oxygen atoms in total. The summed E-state index contributed by atoms with van der Waals surface area (Å²) < 4.78 is 6.51. The fraction of sp³-hybridized carbons (Fsp3) is 0.556. The van der Waals surface area contributed by atoms with Crippen molar-refractivity contribution in [3.8, 4) is 0 Å². The zero-order valence-corrected chi connectivity index (χ0v) is 16.8. The monoisotopic (exact) mass is 395 g/mol. The van der Waals surface area contributed by atoms with Gasteiger partial charge in [-0.1, -0.05) is 29.8 Å². The summed E-state index contributed by atoms with van der Waals surface area (Å²) in [5.74, 6) is 1.20. The van der Waals surface area contributed by atoms with E-state index in [1.807, 2.05) is 39.0 Å². The zero-order valence-electron chi connectivity index (χ0n) is 15.2. The summed E-state index contributed by atoms with van der Waals surface area (Å²) in [6.45, 7) is 9.88. The Balaban J connectivity index is 2.34. The van der Waals surface area contributed by atoms with Crippen molar-refractivity contribution in [1.82, 2.24) is 14.9 Å². The number of carbonyl (C=O) groups excluding carboxylic acids is 1. The molecule has 1 aromatic carbocycles. The quantitative estimate of drug-likeness (QED) is 0.765. The van der Waals surface area contributed by atoms with Crippen LogP contribution in [-0.4, -0.2) is 33.6 Å². The summed E-state index contributed by atoms with van der Waals surface area (Å²) in [4.78, 5) is 22.1. The number of aromatic amines is 1. The van der Waals surface area contributed by atoms with Gasteiger partial charge < -0.3 is 14.6 Å². The van der Waals surface area contributed by atoms with Crippen LogP contribution in [0, 0.1) is 5.92 Å². The molecule has 0 fully saturated rings. The molecule has 0 aliphatic carbocycles. The molecule has 1 atom stereocenters. The van der Waals surface area contributed by atoms with Gasteiger partial charge in [-0.2, -0.15) is 0 Å². The van der Waals surface area contributed by atoms with Gasteiger partial charge in [0.25, 0.3) is 0 Å². The lowest BCUT2D eigenvalue weighted by Crippen LogP contribution is -2.37. The number of hydrogen-bond donors (Lipinski definition) is 1. The van der Waals surface area contributed by atoms with Gasteiger partial charge >= 0.3 is 6.09 Å². The van der Waals surface area contributed by atoms with Gasteiger partial charge in [0.2, 0.25) is 0 Å². The standard InChI is InChI=1S/C18H26BrN3O2/c1-11(2)9-15(22(6)17(23)24-18(3,4)5)16-20-13-8-7-12(19)10-14(13)21-16/h7-8,10-11,15H,9H2,1-6H3,(H,20,21)/t15-/m1/s1. The molecule has 0 radical (unpaired) electrons. The van der Waals surface area contributed by atoms with Gasteiger partial charge in [0.1, 0.15) is 11.4 Å². The first-order valence-electron chi connectivity index (χ1n) is 8.18. The number of halogens is 1. The van der Waals surface area contributed by atoms with Gasteiger partial charge in [-0.25, -0.2) is 9.78 Å². The smallest absolute Gasteiger partial charge is 0.410 e. The third-order valence-corrected chi connectivity index (χ3v) is 4.11. The zero-order chi connectivity index (χ0) is 18.1. The Morgan fingerprint density at radius 2 is 2.04 bits per heavy atom. The first-order chi connectivity index (χ1) is 11.1. The average molecular weight is 396 g/mol. The first kappa shape index (κ1) is 18.8. The third kappa shape index (κ3) is 4.72. The summed E-state index contributed by atoms with van der Waals surface area (Å²) in [6.07, 6.45) is 0.464. The van der Waals surface area contributed by atoms with E-state index in [9.17, 15) is 4.79 Å². The van der Waals surface area contributed by atoms with Gasteiger partial charge in [-0.15, -0.1) is 0 Å². The van der Waals surface area contributed by atoms with E-state index in [4.69, 9.17) is 4.74 Å². The minimum atomic E-state index is -0.521. The maximum absolute atomic E-state index is 12.5. The topological polar surface area (TPSA) is 58.2 Å². The molecule has 2 aromatic rings. The maximum Gasteiger partial charge on any atom is 0.410 e. The number of nitrogens with zero attached hydrogens (tertiary/aromatic N) is 2. The Hall–Kier alpha value is -1.56. The predicted molar refractivity (Wildman–Crippen MR) is 100.0 cm³/mol. The minimum absolute atomic E-state index is 0.161. The van der Waals surface area contributed by atoms with Crippen molar-refractivity contribution >= 4 is 33.1 Å². The molecule has 1 amide bonds. The highest BCUT2D eigenvalue weighted by Gasteiger charge is 2.29. The second-order valence-electron chi connectivity index (χ2n) is 7.52. The molecule has 0 unspecified atom stereocenters. The number of rotatable bonds is 4. The molecule has 1 aromatic heterocycles. The average Bonchev–Trinajstić information content (AvgIpc) is 2.84. The van der Waals surface area contributed by atoms with Crippen molar-refractivity contribution in [2.75, 3.05) is 7.05 Å². The highest BCUT2D eigenvalue weighted by atomic mass is 79.9. The normalized spacial score (nSPS) is 13.3. The van der Waals surface area contributed by atoms with E-state index in [1.165, 1.54) is 0 Å². The van der Waals surface area contributed by atoms with Crippen LogP contribution in [0.4, 0.5) is 4.79 Å². The van der Waals surface area contributed by atoms with Crippen molar-refractivity contribution in [2.24, 2.45) is 5.92 Å². The van der Waals surface area contributed by atoms with Gasteiger partial charge in [-0.3, -0.25) is 0 Å². The minimum Gasteiger partial charge on any atom is -0.444 e. The summed E-state index contributed by atoms with van der Waals surface area (Å²) >= 11 is 3.47. The number of carbonyl (C=O) groups is 1. The van der Waals surface area contributed by atoms with Crippen molar-refractivity contribution in [3.05, 3.63) is 28.5 Å². The number of nitrogens with one attached hydrogen (secondary N) is 1. The number of benzene rings is 1. The van der Waals surface area contributed by atoms with Crippen molar-refractivity contribution in [1.29, 1.82) is 0 Å². The Morgan fingerprint density at radius 3 is 2.62 bits per heavy atom. The summed E-state index contributed by atoms with van der Waals surface area (Å²) in [6, 6.07) is 5.75. The molecular weight excluding hydrogens is 370 g/mol. The number of fused-ring (bicyclic) bond motifs is 1. The van der Waals surface area contributed by atoms with Gasteiger partial charge in [0.05, 0.1) is 17.1 Å². The maximum atomic E-state index is 12.5. The largest absolute Gasteiger partial charge is 0.444 e. The Labute approximate surface area is 151 Å². The van der Waals surface area contributed by atoms with Crippen molar-refractivity contribution in [3.63, 3.8) is 0 Å². The molecule has 1 N–H and O–H groups in total. The number of ether oxygens (including phenoxy) is 1. The van der Waals surface area contributed by atoms with Crippen LogP contribution in [0.15, 0.2) is 22.7 Å². The van der Waals surface area contributed by atoms with Gasteiger partial charge in [0, 0.05) is 11.5 Å². The van der Waals surface area contributed by atoms with Crippen molar-refractivity contribution < 1.29 is 9.53 Å². The van der Waals surface area contributed by atoms with Crippen LogP contribution in [0.3, 0.4) is 0 Å². The third-order valence-electron chi connectivity index (χ3n) is 3.62. The number of H-pyrrole nitrogens is 1. The molecule has 0 bridgehead atoms. The van der Waals surface area contributed by atoms with Crippen molar-refractivity contribution in [2.45, 2.75) is 52.7 Å². The van der Waals surface area contributed by atoms with Crippen LogP contribution in [0.25, 0.3) is 11.0 Å². The molecular formula is C18H26BrN3O2. The van der Waals surface area contributed by atoms with Crippen LogP contribution in [0.2, 0.25) is 0 Å². The van der Waals surface area contributed by atoms with Crippen LogP contribution in [-0.2, 0) is 4.74 Å². The van der Waals surface area contributed by atoms with Gasteiger partial charge in [0.15, 0.2) is 0 Å². The van der Waals surface area contributed by atoms with E-state index in [-0.39, 0.29) is 12.1 Å². The number of imidazole rings is 1. The highest BCUT2D eigenvalue weighted by molar-refractivity contribution is 9.10. The number of hydrogen-bond acceptors (Lipinski definition) is 3. The lowest BCUT2D eigenvalue weighted by atomic mass is 10.0. The highest BCUT2D eigenvalue weighted by Crippen LogP contribution is 2.29. The molecule has 2 rings (SSSR count). The lowest BCUT2D eigenvalue weighted by molar-refractivity contribution is 0.0194. The Morgan fingerprint density at radius 1 is 1.38 bits per heavy atom.